The van der Waals surface area contributed by atoms with Gasteiger partial charge in [-0.2, -0.15) is 0 Å². The highest BCUT2D eigenvalue weighted by Gasteiger charge is 2.46. The Bertz CT molecular complexity index is 934. The molecule has 1 aromatic carbocycles. The molecule has 2 unspecified atom stereocenters. The molecule has 8 nitrogen and oxygen atoms in total. The van der Waals surface area contributed by atoms with Crippen LogP contribution in [0, 0.1) is 11.8 Å². The Morgan fingerprint density at radius 2 is 1.68 bits per heavy atom. The number of benzene rings is 1. The lowest BCUT2D eigenvalue weighted by Crippen LogP contribution is -2.49. The third kappa shape index (κ3) is 6.56. The van der Waals surface area contributed by atoms with Crippen molar-refractivity contribution in [1.29, 1.82) is 0 Å². The van der Waals surface area contributed by atoms with Gasteiger partial charge in [0.25, 0.3) is 0 Å². The molecular weight excluding hydrogens is 484 g/mol. The largest absolute Gasteiger partial charge is 0.447 e. The third-order valence-corrected chi connectivity index (χ3v) is 14.6. The average molecular weight is 529 g/mol. The van der Waals surface area contributed by atoms with Gasteiger partial charge in [0.15, 0.2) is 8.32 Å². The van der Waals surface area contributed by atoms with Crippen LogP contribution in [0.25, 0.3) is 10.4 Å². The third-order valence-electron chi connectivity index (χ3n) is 8.56. The molecular formula is C28H44N4O4Si. The topological polar surface area (TPSA) is 105 Å². The Morgan fingerprint density at radius 1 is 1.08 bits per heavy atom. The molecule has 1 heterocycles. The molecule has 37 heavy (non-hydrogen) atoms. The van der Waals surface area contributed by atoms with Gasteiger partial charge in [-0.1, -0.05) is 77.0 Å². The second kappa shape index (κ2) is 12.9. The first-order valence-electron chi connectivity index (χ1n) is 13.8. The van der Waals surface area contributed by atoms with E-state index in [9.17, 15) is 15.1 Å². The maximum atomic E-state index is 13.6. The van der Waals surface area contributed by atoms with E-state index < -0.39 is 32.4 Å². The normalized spacial score (nSPS) is 23.3. The summed E-state index contributed by atoms with van der Waals surface area (Å²) in [5.74, 6) is -0.0942. The zero-order valence-electron chi connectivity index (χ0n) is 23.3. The van der Waals surface area contributed by atoms with E-state index in [1.807, 2.05) is 30.3 Å². The summed E-state index contributed by atoms with van der Waals surface area (Å²) in [6.07, 6.45) is 3.25. The van der Waals surface area contributed by atoms with Crippen LogP contribution >= 0.6 is 0 Å². The summed E-state index contributed by atoms with van der Waals surface area (Å²) < 4.78 is 12.1. The zero-order chi connectivity index (χ0) is 27.2. The summed E-state index contributed by atoms with van der Waals surface area (Å²) in [6, 6.07) is 8.43. The number of nitrogens with zero attached hydrogens (tertiary/aromatic N) is 4. The van der Waals surface area contributed by atoms with Crippen molar-refractivity contribution in [3.63, 3.8) is 0 Å². The van der Waals surface area contributed by atoms with Crippen molar-refractivity contribution < 1.29 is 18.8 Å². The van der Waals surface area contributed by atoms with Crippen molar-refractivity contribution in [2.75, 3.05) is 13.2 Å². The molecule has 1 saturated carbocycles. The molecule has 1 aliphatic carbocycles. The summed E-state index contributed by atoms with van der Waals surface area (Å²) in [5.41, 5.74) is 11.9. The van der Waals surface area contributed by atoms with Gasteiger partial charge in [-0.15, -0.1) is 0 Å². The first-order chi connectivity index (χ1) is 17.6. The van der Waals surface area contributed by atoms with Crippen LogP contribution in [0.5, 0.6) is 0 Å². The van der Waals surface area contributed by atoms with E-state index in [4.69, 9.17) is 9.16 Å². The van der Waals surface area contributed by atoms with Gasteiger partial charge in [-0.3, -0.25) is 4.79 Å². The Kier molecular flexibility index (Phi) is 10.2. The van der Waals surface area contributed by atoms with E-state index in [2.05, 4.69) is 51.6 Å². The summed E-state index contributed by atoms with van der Waals surface area (Å²) in [4.78, 5) is 30.3. The molecule has 2 aliphatic rings. The molecule has 2 amide bonds. The SMILES string of the molecule is CC(C)[Si](OCC1CCC(C(N=[N+]=[N-])C(=O)N2C(=O)OCC2Cc2ccccc2)CC1)(C(C)C)C(C)C. The minimum atomic E-state index is -1.93. The minimum Gasteiger partial charge on any atom is -0.447 e. The Morgan fingerprint density at radius 3 is 2.22 bits per heavy atom. The number of hydrogen-bond acceptors (Lipinski definition) is 5. The fourth-order valence-corrected chi connectivity index (χ4v) is 12.3. The van der Waals surface area contributed by atoms with Crippen LogP contribution in [0.1, 0.15) is 72.8 Å². The predicted octanol–water partition coefficient (Wildman–Crippen LogP) is 7.25. The average Bonchev–Trinajstić information content (AvgIpc) is 3.22. The molecule has 204 valence electrons. The Labute approximate surface area is 222 Å². The highest BCUT2D eigenvalue weighted by Crippen LogP contribution is 2.43. The van der Waals surface area contributed by atoms with Crippen LogP contribution in [-0.2, 0) is 20.4 Å². The van der Waals surface area contributed by atoms with E-state index in [-0.39, 0.29) is 12.5 Å². The Hall–Kier alpha value is -2.35. The van der Waals surface area contributed by atoms with Gasteiger partial charge in [0.05, 0.1) is 6.04 Å². The molecule has 3 rings (SSSR count). The van der Waals surface area contributed by atoms with Gasteiger partial charge in [0, 0.05) is 11.5 Å². The molecule has 0 bridgehead atoms. The van der Waals surface area contributed by atoms with Gasteiger partial charge < -0.3 is 9.16 Å². The summed E-state index contributed by atoms with van der Waals surface area (Å²) >= 11 is 0. The van der Waals surface area contributed by atoms with Gasteiger partial charge in [0.1, 0.15) is 12.6 Å². The molecule has 0 aromatic heterocycles. The maximum Gasteiger partial charge on any atom is 0.416 e. The van der Waals surface area contributed by atoms with E-state index in [0.717, 1.165) is 37.9 Å². The summed E-state index contributed by atoms with van der Waals surface area (Å²) in [7, 11) is -1.93. The quantitative estimate of drug-likeness (QED) is 0.130. The maximum absolute atomic E-state index is 13.6. The fraction of sp³-hybridized carbons (Fsp3) is 0.714. The lowest BCUT2D eigenvalue weighted by molar-refractivity contribution is -0.132. The van der Waals surface area contributed by atoms with Gasteiger partial charge in [-0.25, -0.2) is 9.69 Å². The molecule has 0 spiro atoms. The second-order valence-electron chi connectivity index (χ2n) is 11.7. The number of imide groups is 1. The Balaban J connectivity index is 1.65. The molecule has 2 fully saturated rings. The molecule has 1 saturated heterocycles. The first kappa shape index (κ1) is 29.2. The zero-order valence-corrected chi connectivity index (χ0v) is 24.3. The van der Waals surface area contributed by atoms with Crippen molar-refractivity contribution in [2.45, 2.75) is 102 Å². The monoisotopic (exact) mass is 528 g/mol. The van der Waals surface area contributed by atoms with Gasteiger partial charge in [0.2, 0.25) is 5.91 Å². The molecule has 0 radical (unpaired) electrons. The van der Waals surface area contributed by atoms with Crippen molar-refractivity contribution >= 4 is 20.3 Å². The van der Waals surface area contributed by atoms with Gasteiger partial charge in [-0.05, 0) is 71.7 Å². The van der Waals surface area contributed by atoms with Crippen LogP contribution in [-0.4, -0.2) is 50.5 Å². The van der Waals surface area contributed by atoms with Crippen LogP contribution < -0.4 is 0 Å². The highest BCUT2D eigenvalue weighted by atomic mass is 28.4. The number of rotatable bonds is 11. The van der Waals surface area contributed by atoms with Crippen LogP contribution in [0.3, 0.4) is 0 Å². The lowest BCUT2D eigenvalue weighted by atomic mass is 9.78. The first-order valence-corrected chi connectivity index (χ1v) is 16.0. The number of azide groups is 1. The number of carbonyl (C=O) groups is 2. The standard InChI is InChI=1S/C28H44N4O4Si/c1-19(2)37(20(3)4,21(5)6)36-17-23-12-14-24(15-13-23)26(30-31-29)27(33)32-25(18-35-28(32)34)16-22-10-8-7-9-11-22/h7-11,19-21,23-26H,12-18H2,1-6H3. The number of ether oxygens (including phenoxy) is 1. The molecule has 9 heteroatoms. The summed E-state index contributed by atoms with van der Waals surface area (Å²) in [5, 5.41) is 3.91. The van der Waals surface area contributed by atoms with Crippen LogP contribution in [0.15, 0.2) is 35.4 Å². The smallest absolute Gasteiger partial charge is 0.416 e. The van der Waals surface area contributed by atoms with Crippen molar-refractivity contribution in [2.24, 2.45) is 17.0 Å². The van der Waals surface area contributed by atoms with Crippen LogP contribution in [0.2, 0.25) is 16.6 Å². The van der Waals surface area contributed by atoms with E-state index >= 15 is 0 Å². The van der Waals surface area contributed by atoms with E-state index in [1.165, 1.54) is 4.90 Å². The minimum absolute atomic E-state index is 0.0901. The number of hydrogen-bond donors (Lipinski definition) is 0. The molecule has 2 atom stereocenters. The van der Waals surface area contributed by atoms with Crippen LogP contribution in [0.4, 0.5) is 4.79 Å². The predicted molar refractivity (Wildman–Crippen MR) is 148 cm³/mol. The lowest BCUT2D eigenvalue weighted by Gasteiger charge is -2.43. The van der Waals surface area contributed by atoms with Crippen molar-refractivity contribution in [3.8, 4) is 0 Å². The number of cyclic esters (lactones) is 1. The van der Waals surface area contributed by atoms with E-state index in [0.29, 0.717) is 29.0 Å². The molecule has 1 aliphatic heterocycles. The number of carbonyl (C=O) groups excluding carboxylic acids is 2. The van der Waals surface area contributed by atoms with Gasteiger partial charge >= 0.3 is 6.09 Å². The second-order valence-corrected chi connectivity index (χ2v) is 17.1. The highest BCUT2D eigenvalue weighted by molar-refractivity contribution is 6.77. The fourth-order valence-electron chi connectivity index (χ4n) is 6.74. The summed E-state index contributed by atoms with van der Waals surface area (Å²) in [6.45, 7) is 14.7. The molecule has 1 aromatic rings. The number of amides is 2. The van der Waals surface area contributed by atoms with Crippen molar-refractivity contribution in [3.05, 3.63) is 46.3 Å². The van der Waals surface area contributed by atoms with E-state index in [1.54, 1.807) is 0 Å². The van der Waals surface area contributed by atoms with Crippen molar-refractivity contribution in [1.82, 2.24) is 4.90 Å². The molecule has 0 N–H and O–H groups in total.